The lowest BCUT2D eigenvalue weighted by molar-refractivity contribution is -0.254. The van der Waals surface area contributed by atoms with E-state index in [1.807, 2.05) is 0 Å². The number of aliphatic hydroxyl groups excluding tert-OH is 1. The number of fused-ring (bicyclic) bond motifs is 7. The van der Waals surface area contributed by atoms with E-state index in [9.17, 15) is 9.90 Å². The molecule has 4 nitrogen and oxygen atoms in total. The van der Waals surface area contributed by atoms with E-state index in [0.29, 0.717) is 39.4 Å². The summed E-state index contributed by atoms with van der Waals surface area (Å²) >= 11 is 0. The number of hydroxylamine groups is 2. The Balaban J connectivity index is 1.49. The molecule has 36 heavy (non-hydrogen) atoms. The van der Waals surface area contributed by atoms with Crippen molar-refractivity contribution in [3.63, 3.8) is 0 Å². The lowest BCUT2D eigenvalue weighted by atomic mass is 9.31. The van der Waals surface area contributed by atoms with Gasteiger partial charge < -0.3 is 5.11 Å². The fourth-order valence-corrected chi connectivity index (χ4v) is 11.8. The van der Waals surface area contributed by atoms with Crippen molar-refractivity contribution in [3.8, 4) is 0 Å². The van der Waals surface area contributed by atoms with Gasteiger partial charge in [0.05, 0.1) is 13.2 Å². The fraction of sp³-hybridized carbons (Fsp3) is 0.969. The third kappa shape index (κ3) is 3.34. The van der Waals surface area contributed by atoms with Gasteiger partial charge in [0, 0.05) is 12.5 Å². The van der Waals surface area contributed by atoms with Gasteiger partial charge in [-0.2, -0.15) is 0 Å². The van der Waals surface area contributed by atoms with Crippen molar-refractivity contribution in [1.82, 2.24) is 5.06 Å². The summed E-state index contributed by atoms with van der Waals surface area (Å²) in [5.74, 6) is 2.81. The average molecular weight is 502 g/mol. The van der Waals surface area contributed by atoms with Gasteiger partial charge >= 0.3 is 0 Å². The van der Waals surface area contributed by atoms with E-state index >= 15 is 0 Å². The number of aliphatic hydroxyl groups is 1. The summed E-state index contributed by atoms with van der Waals surface area (Å²) < 4.78 is 0. The van der Waals surface area contributed by atoms with Crippen LogP contribution in [0.5, 0.6) is 0 Å². The number of nitrogens with zero attached hydrogens (tertiary/aromatic N) is 1. The molecule has 0 aromatic carbocycles. The SMILES string of the molecule is CON(C)C(=O)[C@@]1(C)CC[C@]2(C)CC[C@]3(C)[C@H](CC[C@@H]4[C@@]5(C)CC[C@H](O)C(C)(C)C5CC[C@]43C)[C@H]2C1. The lowest BCUT2D eigenvalue weighted by Gasteiger charge is -2.73. The van der Waals surface area contributed by atoms with Crippen LogP contribution >= 0.6 is 0 Å². The number of hydrogen-bond acceptors (Lipinski definition) is 3. The first kappa shape index (κ1) is 27.0. The molecule has 206 valence electrons. The number of rotatable bonds is 2. The molecule has 1 amide bonds. The van der Waals surface area contributed by atoms with Crippen LogP contribution in [-0.2, 0) is 9.63 Å². The Morgan fingerprint density at radius 3 is 2.11 bits per heavy atom. The van der Waals surface area contributed by atoms with E-state index in [1.165, 1.54) is 50.0 Å². The standard InChI is InChI=1S/C32H55NO3/c1-27(2)23-12-15-32(7)24(30(23,5)14-13-25(27)34)11-10-21-22-20-29(4,26(35)33(8)36-9)17-16-28(22,3)18-19-31(21,32)6/h21-25,34H,10-20H2,1-9H3/t21-,22-,23?,24-,25+,28-,29+,30+,31-,32-/m1/s1. The van der Waals surface area contributed by atoms with E-state index in [2.05, 4.69) is 48.5 Å². The van der Waals surface area contributed by atoms with Crippen LogP contribution in [-0.4, -0.2) is 36.3 Å². The molecule has 0 aliphatic heterocycles. The van der Waals surface area contributed by atoms with Gasteiger partial charge in [-0.05, 0) is 121 Å². The minimum Gasteiger partial charge on any atom is -0.393 e. The molecule has 1 N–H and O–H groups in total. The molecular weight excluding hydrogens is 446 g/mol. The van der Waals surface area contributed by atoms with Gasteiger partial charge in [-0.15, -0.1) is 0 Å². The molecule has 1 unspecified atom stereocenters. The Morgan fingerprint density at radius 2 is 1.44 bits per heavy atom. The van der Waals surface area contributed by atoms with Crippen LogP contribution in [0, 0.1) is 56.2 Å². The van der Waals surface area contributed by atoms with Crippen molar-refractivity contribution in [2.24, 2.45) is 56.2 Å². The molecule has 0 aromatic rings. The quantitative estimate of drug-likeness (QED) is 0.405. The highest BCUT2D eigenvalue weighted by Gasteiger charge is 2.70. The molecule has 10 atom stereocenters. The zero-order valence-electron chi connectivity index (χ0n) is 24.9. The van der Waals surface area contributed by atoms with E-state index < -0.39 is 0 Å². The van der Waals surface area contributed by atoms with Crippen molar-refractivity contribution in [2.45, 2.75) is 125 Å². The first-order valence-corrected chi connectivity index (χ1v) is 15.1. The van der Waals surface area contributed by atoms with Crippen LogP contribution in [0.3, 0.4) is 0 Å². The molecule has 0 spiro atoms. The second-order valence-electron chi connectivity index (χ2n) is 16.1. The summed E-state index contributed by atoms with van der Waals surface area (Å²) in [7, 11) is 3.39. The number of carbonyl (C=O) groups is 1. The normalized spacial score (nSPS) is 53.9. The minimum atomic E-state index is -0.321. The van der Waals surface area contributed by atoms with E-state index in [4.69, 9.17) is 4.84 Å². The Bertz CT molecular complexity index is 902. The molecule has 5 aliphatic rings. The highest BCUT2D eigenvalue weighted by Crippen LogP contribution is 2.77. The molecule has 4 heteroatoms. The number of hydrogen-bond donors (Lipinski definition) is 1. The van der Waals surface area contributed by atoms with Gasteiger partial charge in [0.2, 0.25) is 0 Å². The van der Waals surface area contributed by atoms with Gasteiger partial charge in [0.25, 0.3) is 5.91 Å². The minimum absolute atomic E-state index is 0.0101. The maximum absolute atomic E-state index is 13.4. The van der Waals surface area contributed by atoms with Crippen LogP contribution < -0.4 is 0 Å². The largest absolute Gasteiger partial charge is 0.393 e. The predicted molar refractivity (Wildman–Crippen MR) is 145 cm³/mol. The second-order valence-corrected chi connectivity index (χ2v) is 16.1. The van der Waals surface area contributed by atoms with Crippen LogP contribution in [0.2, 0.25) is 0 Å². The fourth-order valence-electron chi connectivity index (χ4n) is 11.8. The Labute approximate surface area is 221 Å². The Kier molecular flexibility index (Phi) is 6.14. The molecule has 0 bridgehead atoms. The highest BCUT2D eigenvalue weighted by molar-refractivity contribution is 5.81. The van der Waals surface area contributed by atoms with Crippen molar-refractivity contribution in [3.05, 3.63) is 0 Å². The number of carbonyl (C=O) groups excluding carboxylic acids is 1. The zero-order valence-corrected chi connectivity index (χ0v) is 24.9. The second kappa shape index (κ2) is 8.20. The number of amides is 1. The molecule has 0 saturated heterocycles. The average Bonchev–Trinajstić information content (AvgIpc) is 2.82. The van der Waals surface area contributed by atoms with E-state index in [0.717, 1.165) is 31.6 Å². The summed E-state index contributed by atoms with van der Waals surface area (Å²) in [6, 6.07) is 0. The summed E-state index contributed by atoms with van der Waals surface area (Å²) in [5.41, 5.74) is 1.03. The molecule has 0 aromatic heterocycles. The highest BCUT2D eigenvalue weighted by atomic mass is 16.7. The van der Waals surface area contributed by atoms with E-state index in [-0.39, 0.29) is 22.8 Å². The van der Waals surface area contributed by atoms with Gasteiger partial charge in [-0.1, -0.05) is 48.5 Å². The third-order valence-corrected chi connectivity index (χ3v) is 14.5. The molecule has 5 saturated carbocycles. The molecule has 5 fully saturated rings. The van der Waals surface area contributed by atoms with Crippen LogP contribution in [0.1, 0.15) is 119 Å². The molecule has 0 heterocycles. The zero-order chi connectivity index (χ0) is 26.5. The predicted octanol–water partition coefficient (Wildman–Crippen LogP) is 7.25. The van der Waals surface area contributed by atoms with Gasteiger partial charge in [0.15, 0.2) is 0 Å². The summed E-state index contributed by atoms with van der Waals surface area (Å²) in [5, 5.41) is 12.4. The van der Waals surface area contributed by atoms with Gasteiger partial charge in [-0.3, -0.25) is 9.63 Å². The van der Waals surface area contributed by atoms with Gasteiger partial charge in [-0.25, -0.2) is 5.06 Å². The lowest BCUT2D eigenvalue weighted by Crippen LogP contribution is -2.67. The first-order chi connectivity index (χ1) is 16.6. The topological polar surface area (TPSA) is 49.8 Å². The molecule has 0 radical (unpaired) electrons. The van der Waals surface area contributed by atoms with Crippen molar-refractivity contribution < 1.29 is 14.7 Å². The summed E-state index contributed by atoms with van der Waals surface area (Å²) in [6.07, 6.45) is 13.0. The smallest absolute Gasteiger partial charge is 0.251 e. The monoisotopic (exact) mass is 501 g/mol. The summed E-state index contributed by atoms with van der Waals surface area (Å²) in [4.78, 5) is 18.8. The van der Waals surface area contributed by atoms with Crippen molar-refractivity contribution >= 4 is 5.91 Å². The Morgan fingerprint density at radius 1 is 0.778 bits per heavy atom. The third-order valence-electron chi connectivity index (χ3n) is 14.5. The van der Waals surface area contributed by atoms with Crippen LogP contribution in [0.15, 0.2) is 0 Å². The van der Waals surface area contributed by atoms with Crippen molar-refractivity contribution in [1.29, 1.82) is 0 Å². The summed E-state index contributed by atoms with van der Waals surface area (Å²) in [6.45, 7) is 17.4. The van der Waals surface area contributed by atoms with Crippen molar-refractivity contribution in [2.75, 3.05) is 14.2 Å². The first-order valence-electron chi connectivity index (χ1n) is 15.1. The Hall–Kier alpha value is -0.610. The molecule has 5 aliphatic carbocycles. The van der Waals surface area contributed by atoms with Crippen LogP contribution in [0.4, 0.5) is 0 Å². The van der Waals surface area contributed by atoms with Gasteiger partial charge in [0.1, 0.15) is 0 Å². The van der Waals surface area contributed by atoms with E-state index in [1.54, 1.807) is 14.2 Å². The molecule has 5 rings (SSSR count). The molecular formula is C32H55NO3. The maximum atomic E-state index is 13.4. The maximum Gasteiger partial charge on any atom is 0.251 e. The van der Waals surface area contributed by atoms with Crippen LogP contribution in [0.25, 0.3) is 0 Å².